The van der Waals surface area contributed by atoms with E-state index in [9.17, 15) is 13.2 Å². The van der Waals surface area contributed by atoms with Gasteiger partial charge in [-0.1, -0.05) is 24.3 Å². The first-order valence-corrected chi connectivity index (χ1v) is 14.3. The second kappa shape index (κ2) is 10.3. The fraction of sp³-hybridized carbons (Fsp3) is 0.519. The zero-order valence-electron chi connectivity index (χ0n) is 20.6. The van der Waals surface area contributed by atoms with Crippen LogP contribution < -0.4 is 4.90 Å². The molecular formula is C27H36N4O3S. The van der Waals surface area contributed by atoms with Crippen LogP contribution in [0.1, 0.15) is 30.9 Å². The van der Waals surface area contributed by atoms with Crippen molar-refractivity contribution >= 4 is 21.6 Å². The zero-order valence-corrected chi connectivity index (χ0v) is 21.4. The average molecular weight is 497 g/mol. The van der Waals surface area contributed by atoms with E-state index in [0.717, 1.165) is 32.4 Å². The Morgan fingerprint density at radius 3 is 2.14 bits per heavy atom. The highest BCUT2D eigenvalue weighted by Gasteiger charge is 2.34. The molecule has 0 bridgehead atoms. The van der Waals surface area contributed by atoms with E-state index >= 15 is 0 Å². The van der Waals surface area contributed by atoms with E-state index < -0.39 is 10.0 Å². The topological polar surface area (TPSA) is 64.2 Å². The summed E-state index contributed by atoms with van der Waals surface area (Å²) in [6.07, 6.45) is 4.32. The highest BCUT2D eigenvalue weighted by Crippen LogP contribution is 2.26. The van der Waals surface area contributed by atoms with Crippen molar-refractivity contribution in [1.82, 2.24) is 14.1 Å². The van der Waals surface area contributed by atoms with Crippen LogP contribution in [0.15, 0.2) is 53.4 Å². The normalized spacial score (nSPS) is 20.9. The highest BCUT2D eigenvalue weighted by atomic mass is 32.2. The van der Waals surface area contributed by atoms with Crippen LogP contribution in [-0.2, 0) is 27.7 Å². The van der Waals surface area contributed by atoms with E-state index in [-0.39, 0.29) is 11.9 Å². The van der Waals surface area contributed by atoms with Gasteiger partial charge in [0, 0.05) is 58.0 Å². The molecule has 8 heteroatoms. The van der Waals surface area contributed by atoms with Crippen LogP contribution in [0.5, 0.6) is 0 Å². The second-order valence-electron chi connectivity index (χ2n) is 9.90. The van der Waals surface area contributed by atoms with Gasteiger partial charge < -0.3 is 9.80 Å². The molecule has 2 aliphatic heterocycles. The van der Waals surface area contributed by atoms with Gasteiger partial charge in [-0.3, -0.25) is 9.69 Å². The van der Waals surface area contributed by atoms with Crippen molar-refractivity contribution in [3.05, 3.63) is 59.7 Å². The number of anilines is 1. The van der Waals surface area contributed by atoms with E-state index in [1.807, 2.05) is 42.2 Å². The molecule has 0 saturated carbocycles. The summed E-state index contributed by atoms with van der Waals surface area (Å²) in [6.45, 7) is 7.01. The monoisotopic (exact) mass is 496 g/mol. The highest BCUT2D eigenvalue weighted by molar-refractivity contribution is 7.89. The summed E-state index contributed by atoms with van der Waals surface area (Å²) in [5.74, 6) is 0.142. The molecule has 2 aromatic carbocycles. The van der Waals surface area contributed by atoms with Gasteiger partial charge in [0.1, 0.15) is 0 Å². The number of aryl methyl sites for hydroxylation is 2. The maximum Gasteiger partial charge on any atom is 0.243 e. The third kappa shape index (κ3) is 5.10. The first-order chi connectivity index (χ1) is 16.9. The number of amides is 1. The lowest BCUT2D eigenvalue weighted by molar-refractivity contribution is -0.137. The molecule has 0 N–H and O–H groups in total. The summed E-state index contributed by atoms with van der Waals surface area (Å²) in [5.41, 5.74) is 3.67. The van der Waals surface area contributed by atoms with Gasteiger partial charge >= 0.3 is 0 Å². The fourth-order valence-corrected chi connectivity index (χ4v) is 7.07. The van der Waals surface area contributed by atoms with Crippen LogP contribution in [0, 0.1) is 0 Å². The van der Waals surface area contributed by atoms with Gasteiger partial charge in [0.2, 0.25) is 15.9 Å². The number of benzene rings is 2. The van der Waals surface area contributed by atoms with Gasteiger partial charge in [0.05, 0.1) is 10.9 Å². The summed E-state index contributed by atoms with van der Waals surface area (Å²) < 4.78 is 28.2. The molecule has 2 heterocycles. The molecule has 1 aliphatic carbocycles. The minimum absolute atomic E-state index is 0.142. The maximum absolute atomic E-state index is 13.3. The van der Waals surface area contributed by atoms with Crippen molar-refractivity contribution in [3.8, 4) is 0 Å². The Hall–Kier alpha value is -2.42. The van der Waals surface area contributed by atoms with Gasteiger partial charge in [0.25, 0.3) is 0 Å². The van der Waals surface area contributed by atoms with Gasteiger partial charge in [0.15, 0.2) is 0 Å². The number of sulfonamides is 1. The van der Waals surface area contributed by atoms with Crippen molar-refractivity contribution < 1.29 is 13.2 Å². The molecule has 5 rings (SSSR count). The van der Waals surface area contributed by atoms with Crippen molar-refractivity contribution in [2.24, 2.45) is 0 Å². The van der Waals surface area contributed by atoms with Crippen molar-refractivity contribution in [2.75, 3.05) is 57.3 Å². The second-order valence-corrected chi connectivity index (χ2v) is 11.8. The van der Waals surface area contributed by atoms with Crippen LogP contribution in [0.4, 0.5) is 5.69 Å². The molecule has 2 saturated heterocycles. The molecular weight excluding hydrogens is 460 g/mol. The average Bonchev–Trinajstić information content (AvgIpc) is 2.92. The number of nitrogens with zero attached hydrogens (tertiary/aromatic N) is 4. The maximum atomic E-state index is 13.3. The molecule has 3 aliphatic rings. The van der Waals surface area contributed by atoms with Crippen LogP contribution >= 0.6 is 0 Å². The number of piperazine rings is 2. The summed E-state index contributed by atoms with van der Waals surface area (Å²) >= 11 is 0. The minimum atomic E-state index is -3.51. The first kappa shape index (κ1) is 24.3. The Kier molecular flexibility index (Phi) is 7.14. The first-order valence-electron chi connectivity index (χ1n) is 12.9. The predicted molar refractivity (Wildman–Crippen MR) is 138 cm³/mol. The molecule has 1 unspecified atom stereocenters. The minimum Gasteiger partial charge on any atom is -0.368 e. The number of para-hydroxylation sites is 1. The molecule has 35 heavy (non-hydrogen) atoms. The summed E-state index contributed by atoms with van der Waals surface area (Å²) in [6, 6.07) is 15.7. The molecule has 2 aromatic rings. The smallest absolute Gasteiger partial charge is 0.243 e. The summed E-state index contributed by atoms with van der Waals surface area (Å²) in [7, 11) is -3.51. The summed E-state index contributed by atoms with van der Waals surface area (Å²) in [4.78, 5) is 20.0. The molecule has 7 nitrogen and oxygen atoms in total. The van der Waals surface area contributed by atoms with Crippen LogP contribution in [0.3, 0.4) is 0 Å². The van der Waals surface area contributed by atoms with E-state index in [2.05, 4.69) is 21.9 Å². The number of hydrogen-bond acceptors (Lipinski definition) is 5. The van der Waals surface area contributed by atoms with Gasteiger partial charge in [-0.15, -0.1) is 0 Å². The number of carbonyl (C=O) groups is 1. The molecule has 0 radical (unpaired) electrons. The van der Waals surface area contributed by atoms with Gasteiger partial charge in [-0.2, -0.15) is 4.31 Å². The van der Waals surface area contributed by atoms with E-state index in [4.69, 9.17) is 0 Å². The zero-order chi connectivity index (χ0) is 24.4. The van der Waals surface area contributed by atoms with Crippen molar-refractivity contribution in [2.45, 2.75) is 43.5 Å². The largest absolute Gasteiger partial charge is 0.368 e. The lowest BCUT2D eigenvalue weighted by Crippen LogP contribution is -2.58. The lowest BCUT2D eigenvalue weighted by atomic mass is 9.92. The molecule has 188 valence electrons. The third-order valence-electron chi connectivity index (χ3n) is 7.85. The predicted octanol–water partition coefficient (Wildman–Crippen LogP) is 2.61. The van der Waals surface area contributed by atoms with Crippen molar-refractivity contribution in [1.29, 1.82) is 0 Å². The van der Waals surface area contributed by atoms with Crippen molar-refractivity contribution in [3.63, 3.8) is 0 Å². The fourth-order valence-electron chi connectivity index (χ4n) is 5.59. The Morgan fingerprint density at radius 2 is 1.46 bits per heavy atom. The SMILES string of the molecule is CC(C(=O)N1CCN(c2ccccc2)CC1)N1CCN(S(=O)(=O)c2ccc3c(c2)CCCC3)CC1. The Bertz CT molecular complexity index is 1140. The number of fused-ring (bicyclic) bond motifs is 1. The molecule has 2 fully saturated rings. The Labute approximate surface area is 209 Å². The van der Waals surface area contributed by atoms with Crippen LogP contribution in [0.2, 0.25) is 0 Å². The molecule has 0 aromatic heterocycles. The van der Waals surface area contributed by atoms with Crippen LogP contribution in [-0.4, -0.2) is 86.8 Å². The third-order valence-corrected chi connectivity index (χ3v) is 9.74. The molecule has 1 amide bonds. The summed E-state index contributed by atoms with van der Waals surface area (Å²) in [5, 5.41) is 0. The van der Waals surface area contributed by atoms with Gasteiger partial charge in [-0.25, -0.2) is 8.42 Å². The van der Waals surface area contributed by atoms with E-state index in [1.165, 1.54) is 23.2 Å². The standard InChI is InChI=1S/C27H36N4O3S/c1-22(27(32)30-15-13-29(14-16-30)25-9-3-2-4-10-25)28-17-19-31(20-18-28)35(33,34)26-12-11-23-7-5-6-8-24(23)21-26/h2-4,9-12,21-22H,5-8,13-20H2,1H3. The number of carbonyl (C=O) groups excluding carboxylic acids is 1. The Morgan fingerprint density at radius 1 is 0.800 bits per heavy atom. The number of rotatable bonds is 5. The lowest BCUT2D eigenvalue weighted by Gasteiger charge is -2.41. The van der Waals surface area contributed by atoms with E-state index in [0.29, 0.717) is 44.2 Å². The van der Waals surface area contributed by atoms with E-state index in [1.54, 1.807) is 10.4 Å². The Balaban J connectivity index is 1.15. The molecule has 0 spiro atoms. The number of hydrogen-bond donors (Lipinski definition) is 0. The molecule has 1 atom stereocenters. The van der Waals surface area contributed by atoms with Crippen LogP contribution in [0.25, 0.3) is 0 Å². The quantitative estimate of drug-likeness (QED) is 0.637. The van der Waals surface area contributed by atoms with Gasteiger partial charge in [-0.05, 0) is 68.0 Å².